The van der Waals surface area contributed by atoms with E-state index in [0.717, 1.165) is 19.3 Å². The van der Waals surface area contributed by atoms with Gasteiger partial charge in [-0.3, -0.25) is 0 Å². The summed E-state index contributed by atoms with van der Waals surface area (Å²) in [5.41, 5.74) is -0.114. The molecule has 0 radical (unpaired) electrons. The molecule has 0 fully saturated rings. The second-order valence-electron chi connectivity index (χ2n) is 6.30. The molecule has 1 aromatic heterocycles. The number of aryl methyl sites for hydroxylation is 1. The number of hydrogen-bond acceptors (Lipinski definition) is 5. The van der Waals surface area contributed by atoms with E-state index in [9.17, 15) is 14.7 Å². The molecule has 0 unspecified atom stereocenters. The van der Waals surface area contributed by atoms with Gasteiger partial charge in [-0.15, -0.1) is 5.10 Å². The number of amides is 1. The predicted octanol–water partition coefficient (Wildman–Crippen LogP) is 2.23. The number of hydrogen-bond donors (Lipinski definition) is 2. The van der Waals surface area contributed by atoms with Crippen LogP contribution in [0.1, 0.15) is 63.1 Å². The minimum atomic E-state index is -1.11. The van der Waals surface area contributed by atoms with Crippen molar-refractivity contribution in [1.82, 2.24) is 20.3 Å². The van der Waals surface area contributed by atoms with Crippen LogP contribution in [0.2, 0.25) is 0 Å². The van der Waals surface area contributed by atoms with Crippen LogP contribution in [0.15, 0.2) is 0 Å². The Labute approximate surface area is 136 Å². The number of carboxylic acids is 1. The van der Waals surface area contributed by atoms with Crippen molar-refractivity contribution in [2.45, 2.75) is 65.5 Å². The van der Waals surface area contributed by atoms with Gasteiger partial charge in [0.2, 0.25) is 0 Å². The molecular formula is C15H26N4O4. The minimum absolute atomic E-state index is 0.0625. The maximum absolute atomic E-state index is 11.6. The van der Waals surface area contributed by atoms with Gasteiger partial charge in [0.05, 0.1) is 5.69 Å². The lowest BCUT2D eigenvalue weighted by molar-refractivity contribution is 0.0528. The van der Waals surface area contributed by atoms with Crippen LogP contribution >= 0.6 is 0 Å². The highest BCUT2D eigenvalue weighted by atomic mass is 16.6. The third-order valence-electron chi connectivity index (χ3n) is 3.04. The summed E-state index contributed by atoms with van der Waals surface area (Å²) in [4.78, 5) is 22.8. The molecule has 1 aromatic rings. The fourth-order valence-electron chi connectivity index (χ4n) is 2.03. The predicted molar refractivity (Wildman–Crippen MR) is 84.4 cm³/mol. The van der Waals surface area contributed by atoms with Crippen LogP contribution < -0.4 is 5.32 Å². The lowest BCUT2D eigenvalue weighted by Gasteiger charge is -2.19. The number of alkyl carbamates (subject to hydrolysis) is 1. The van der Waals surface area contributed by atoms with E-state index in [1.807, 2.05) is 0 Å². The highest BCUT2D eigenvalue weighted by Crippen LogP contribution is 2.09. The molecular weight excluding hydrogens is 300 g/mol. The molecule has 0 spiro atoms. The number of nitrogens with zero attached hydrogens (tertiary/aromatic N) is 3. The zero-order chi connectivity index (χ0) is 17.5. The fraction of sp³-hybridized carbons (Fsp3) is 0.733. The van der Waals surface area contributed by atoms with E-state index in [1.165, 1.54) is 0 Å². The quantitative estimate of drug-likeness (QED) is 0.710. The van der Waals surface area contributed by atoms with Crippen molar-refractivity contribution in [3.8, 4) is 0 Å². The van der Waals surface area contributed by atoms with Gasteiger partial charge in [-0.2, -0.15) is 0 Å². The summed E-state index contributed by atoms with van der Waals surface area (Å²) >= 11 is 0. The molecule has 23 heavy (non-hydrogen) atoms. The highest BCUT2D eigenvalue weighted by Gasteiger charge is 2.20. The number of carboxylic acid groups (broad SMARTS) is 1. The molecule has 1 heterocycles. The van der Waals surface area contributed by atoms with Gasteiger partial charge in [-0.25, -0.2) is 14.3 Å². The molecule has 8 nitrogen and oxygen atoms in total. The monoisotopic (exact) mass is 326 g/mol. The van der Waals surface area contributed by atoms with Gasteiger partial charge in [0.1, 0.15) is 5.60 Å². The Morgan fingerprint density at radius 3 is 2.57 bits per heavy atom. The van der Waals surface area contributed by atoms with Crippen LogP contribution in [0.4, 0.5) is 4.79 Å². The van der Waals surface area contributed by atoms with Crippen molar-refractivity contribution in [2.75, 3.05) is 6.54 Å². The topological polar surface area (TPSA) is 106 Å². The van der Waals surface area contributed by atoms with Gasteiger partial charge in [0.25, 0.3) is 0 Å². The van der Waals surface area contributed by atoms with Crippen LogP contribution in [-0.2, 0) is 17.7 Å². The Kier molecular flexibility index (Phi) is 6.99. The SMILES string of the molecule is CCCCCn1nnc(C(=O)O)c1CCNC(=O)OC(C)(C)C. The van der Waals surface area contributed by atoms with Crippen molar-refractivity contribution in [1.29, 1.82) is 0 Å². The average molecular weight is 326 g/mol. The number of carbonyl (C=O) groups is 2. The Bertz CT molecular complexity index is 534. The first kappa shape index (κ1) is 18.9. The fourth-order valence-corrected chi connectivity index (χ4v) is 2.03. The van der Waals surface area contributed by atoms with Crippen LogP contribution in [0.3, 0.4) is 0 Å². The van der Waals surface area contributed by atoms with Gasteiger partial charge in [0, 0.05) is 19.5 Å². The first-order valence-corrected chi connectivity index (χ1v) is 7.87. The van der Waals surface area contributed by atoms with Crippen molar-refractivity contribution >= 4 is 12.1 Å². The van der Waals surface area contributed by atoms with E-state index in [4.69, 9.17) is 4.74 Å². The minimum Gasteiger partial charge on any atom is -0.476 e. The number of ether oxygens (including phenoxy) is 1. The smallest absolute Gasteiger partial charge is 0.407 e. The number of nitrogens with one attached hydrogen (secondary N) is 1. The molecule has 1 rings (SSSR count). The molecule has 0 aliphatic heterocycles. The number of aromatic nitrogens is 3. The molecule has 8 heteroatoms. The van der Waals surface area contributed by atoms with E-state index in [-0.39, 0.29) is 12.2 Å². The molecule has 0 aliphatic rings. The second-order valence-corrected chi connectivity index (χ2v) is 6.30. The highest BCUT2D eigenvalue weighted by molar-refractivity contribution is 5.86. The zero-order valence-corrected chi connectivity index (χ0v) is 14.3. The van der Waals surface area contributed by atoms with Gasteiger partial charge < -0.3 is 15.2 Å². The summed E-state index contributed by atoms with van der Waals surface area (Å²) in [6, 6.07) is 0. The van der Waals surface area contributed by atoms with Crippen molar-refractivity contribution < 1.29 is 19.4 Å². The van der Waals surface area contributed by atoms with Gasteiger partial charge in [-0.05, 0) is 27.2 Å². The Balaban J connectivity index is 2.64. The average Bonchev–Trinajstić information content (AvgIpc) is 2.80. The number of rotatable bonds is 8. The van der Waals surface area contributed by atoms with E-state index in [2.05, 4.69) is 22.6 Å². The maximum atomic E-state index is 11.6. The normalized spacial score (nSPS) is 11.3. The second kappa shape index (κ2) is 8.50. The van der Waals surface area contributed by atoms with Gasteiger partial charge in [-0.1, -0.05) is 25.0 Å². The Morgan fingerprint density at radius 2 is 2.00 bits per heavy atom. The van der Waals surface area contributed by atoms with Crippen LogP contribution in [0.5, 0.6) is 0 Å². The Morgan fingerprint density at radius 1 is 1.30 bits per heavy atom. The third-order valence-corrected chi connectivity index (χ3v) is 3.04. The summed E-state index contributed by atoms with van der Waals surface area (Å²) in [6.07, 6.45) is 2.82. The van der Waals surface area contributed by atoms with E-state index in [1.54, 1.807) is 25.5 Å². The summed E-state index contributed by atoms with van der Waals surface area (Å²) in [7, 11) is 0. The zero-order valence-electron chi connectivity index (χ0n) is 14.3. The molecule has 0 atom stereocenters. The molecule has 1 amide bonds. The lowest BCUT2D eigenvalue weighted by atomic mass is 10.2. The summed E-state index contributed by atoms with van der Waals surface area (Å²) in [6.45, 7) is 8.31. The summed E-state index contributed by atoms with van der Waals surface area (Å²) in [5, 5.41) is 19.4. The van der Waals surface area contributed by atoms with Gasteiger partial charge in [0.15, 0.2) is 5.69 Å². The summed E-state index contributed by atoms with van der Waals surface area (Å²) < 4.78 is 6.75. The van der Waals surface area contributed by atoms with Crippen molar-refractivity contribution in [3.05, 3.63) is 11.4 Å². The Hall–Kier alpha value is -2.12. The molecule has 0 saturated carbocycles. The first-order valence-electron chi connectivity index (χ1n) is 7.87. The maximum Gasteiger partial charge on any atom is 0.407 e. The molecule has 2 N–H and O–H groups in total. The molecule has 0 bridgehead atoms. The van der Waals surface area contributed by atoms with Crippen molar-refractivity contribution in [3.63, 3.8) is 0 Å². The van der Waals surface area contributed by atoms with Crippen molar-refractivity contribution in [2.24, 2.45) is 0 Å². The largest absolute Gasteiger partial charge is 0.476 e. The van der Waals surface area contributed by atoms with E-state index < -0.39 is 17.7 Å². The lowest BCUT2D eigenvalue weighted by Crippen LogP contribution is -2.34. The number of unbranched alkanes of at least 4 members (excludes halogenated alkanes) is 2. The standard InChI is InChI=1S/C15H26N4O4/c1-5-6-7-10-19-11(12(13(20)21)17-18-19)8-9-16-14(22)23-15(2,3)4/h5-10H2,1-4H3,(H,16,22)(H,20,21). The number of aromatic carboxylic acids is 1. The molecule has 0 aliphatic carbocycles. The molecule has 130 valence electrons. The third kappa shape index (κ3) is 6.66. The van der Waals surface area contributed by atoms with Crippen LogP contribution in [0.25, 0.3) is 0 Å². The van der Waals surface area contributed by atoms with Crippen LogP contribution in [0, 0.1) is 0 Å². The molecule has 0 aromatic carbocycles. The number of carbonyl (C=O) groups excluding carboxylic acids is 1. The van der Waals surface area contributed by atoms with E-state index in [0.29, 0.717) is 18.7 Å². The first-order chi connectivity index (χ1) is 10.7. The molecule has 0 saturated heterocycles. The van der Waals surface area contributed by atoms with E-state index >= 15 is 0 Å². The summed E-state index contributed by atoms with van der Waals surface area (Å²) in [5.74, 6) is -1.11. The van der Waals surface area contributed by atoms with Gasteiger partial charge >= 0.3 is 12.1 Å². The van der Waals surface area contributed by atoms with Crippen LogP contribution in [-0.4, -0.2) is 44.3 Å².